The fourth-order valence-electron chi connectivity index (χ4n) is 2.67. The summed E-state index contributed by atoms with van der Waals surface area (Å²) in [7, 11) is 0. The first kappa shape index (κ1) is 16.8. The molecule has 0 aromatic heterocycles. The lowest BCUT2D eigenvalue weighted by molar-refractivity contribution is 0.0170. The molecule has 1 amide bonds. The van der Waals surface area contributed by atoms with E-state index in [1.807, 2.05) is 45.0 Å². The molecule has 0 radical (unpaired) electrons. The maximum atomic E-state index is 11.9. The van der Waals surface area contributed by atoms with Crippen molar-refractivity contribution in [1.82, 2.24) is 5.32 Å². The molecule has 1 heterocycles. The van der Waals surface area contributed by atoms with Crippen molar-refractivity contribution in [3.05, 3.63) is 29.8 Å². The first-order valence-electron chi connectivity index (χ1n) is 7.78. The van der Waals surface area contributed by atoms with Gasteiger partial charge in [-0.1, -0.05) is 18.2 Å². The van der Waals surface area contributed by atoms with E-state index in [1.54, 1.807) is 0 Å². The molecule has 1 aromatic carbocycles. The summed E-state index contributed by atoms with van der Waals surface area (Å²) in [6.45, 7) is 7.01. The standard InChI is InChI=1S/C17H26N2O3/c1-16(2,3)22-15(20)19-14-8-5-4-7-13(14)11-17(21)9-6-10-18-12-17/h4-5,7-8,18,21H,6,9-12H2,1-3H3,(H,19,20). The van der Waals surface area contributed by atoms with Gasteiger partial charge in [-0.3, -0.25) is 5.32 Å². The van der Waals surface area contributed by atoms with Crippen LogP contribution in [0, 0.1) is 0 Å². The molecule has 0 spiro atoms. The van der Waals surface area contributed by atoms with Crippen LogP contribution in [0.1, 0.15) is 39.2 Å². The smallest absolute Gasteiger partial charge is 0.412 e. The number of rotatable bonds is 3. The Kier molecular flexibility index (Phi) is 5.08. The first-order valence-corrected chi connectivity index (χ1v) is 7.78. The third kappa shape index (κ3) is 5.00. The first-order chi connectivity index (χ1) is 10.3. The Morgan fingerprint density at radius 2 is 2.14 bits per heavy atom. The maximum absolute atomic E-state index is 11.9. The van der Waals surface area contributed by atoms with Gasteiger partial charge in [0.1, 0.15) is 5.60 Å². The molecule has 0 bridgehead atoms. The zero-order valence-corrected chi connectivity index (χ0v) is 13.6. The summed E-state index contributed by atoms with van der Waals surface area (Å²) in [5.41, 5.74) is 0.310. The summed E-state index contributed by atoms with van der Waals surface area (Å²) in [5, 5.41) is 16.7. The van der Waals surface area contributed by atoms with Gasteiger partial charge in [-0.25, -0.2) is 4.79 Å². The Hall–Kier alpha value is -1.59. The van der Waals surface area contributed by atoms with Crippen LogP contribution in [0.25, 0.3) is 0 Å². The van der Waals surface area contributed by atoms with Crippen LogP contribution in [0.3, 0.4) is 0 Å². The van der Waals surface area contributed by atoms with Crippen molar-refractivity contribution >= 4 is 11.8 Å². The van der Waals surface area contributed by atoms with Crippen molar-refractivity contribution < 1.29 is 14.6 Å². The molecule has 1 atom stereocenters. The molecule has 1 fully saturated rings. The molecule has 3 N–H and O–H groups in total. The third-order valence-corrected chi connectivity index (χ3v) is 3.62. The van der Waals surface area contributed by atoms with E-state index in [4.69, 9.17) is 4.74 Å². The van der Waals surface area contributed by atoms with Crippen LogP contribution in [-0.4, -0.2) is 35.5 Å². The van der Waals surface area contributed by atoms with Gasteiger partial charge in [-0.15, -0.1) is 0 Å². The topological polar surface area (TPSA) is 70.6 Å². The number of piperidine rings is 1. The number of anilines is 1. The largest absolute Gasteiger partial charge is 0.444 e. The molecule has 0 aliphatic carbocycles. The number of hydrogen-bond donors (Lipinski definition) is 3. The lowest BCUT2D eigenvalue weighted by Crippen LogP contribution is -2.47. The molecule has 122 valence electrons. The number of carbonyl (C=O) groups is 1. The molecule has 5 heteroatoms. The van der Waals surface area contributed by atoms with E-state index in [0.29, 0.717) is 18.7 Å². The van der Waals surface area contributed by atoms with Gasteiger partial charge in [-0.2, -0.15) is 0 Å². The van der Waals surface area contributed by atoms with E-state index in [0.717, 1.165) is 24.9 Å². The number of ether oxygens (including phenoxy) is 1. The number of carbonyl (C=O) groups excluding carboxylic acids is 1. The van der Waals surface area contributed by atoms with Crippen LogP contribution in [-0.2, 0) is 11.2 Å². The quantitative estimate of drug-likeness (QED) is 0.803. The van der Waals surface area contributed by atoms with Crippen molar-refractivity contribution in [3.8, 4) is 0 Å². The maximum Gasteiger partial charge on any atom is 0.412 e. The Balaban J connectivity index is 2.08. The number of hydrogen-bond acceptors (Lipinski definition) is 4. The van der Waals surface area contributed by atoms with Crippen LogP contribution in [0.15, 0.2) is 24.3 Å². The van der Waals surface area contributed by atoms with Gasteiger partial charge in [0, 0.05) is 18.7 Å². The number of benzene rings is 1. The van der Waals surface area contributed by atoms with Gasteiger partial charge in [0.25, 0.3) is 0 Å². The van der Waals surface area contributed by atoms with Gasteiger partial charge in [-0.05, 0) is 51.8 Å². The van der Waals surface area contributed by atoms with Crippen LogP contribution in [0.5, 0.6) is 0 Å². The second kappa shape index (κ2) is 6.67. The minimum absolute atomic E-state index is 0.478. The third-order valence-electron chi connectivity index (χ3n) is 3.62. The van der Waals surface area contributed by atoms with Crippen LogP contribution in [0.2, 0.25) is 0 Å². The molecule has 5 nitrogen and oxygen atoms in total. The monoisotopic (exact) mass is 306 g/mol. The van der Waals surface area contributed by atoms with Gasteiger partial charge < -0.3 is 15.2 Å². The van der Waals surface area contributed by atoms with Gasteiger partial charge >= 0.3 is 6.09 Å². The summed E-state index contributed by atoms with van der Waals surface area (Å²) >= 11 is 0. The fraction of sp³-hybridized carbons (Fsp3) is 0.588. The van der Waals surface area contributed by atoms with E-state index in [2.05, 4.69) is 10.6 Å². The summed E-state index contributed by atoms with van der Waals surface area (Å²) in [6.07, 6.45) is 1.75. The average molecular weight is 306 g/mol. The summed E-state index contributed by atoms with van der Waals surface area (Å²) in [5.74, 6) is 0. The molecular formula is C17H26N2O3. The van der Waals surface area contributed by atoms with E-state index < -0.39 is 17.3 Å². The predicted molar refractivity (Wildman–Crippen MR) is 87.1 cm³/mol. The number of para-hydroxylation sites is 1. The van der Waals surface area contributed by atoms with Gasteiger partial charge in [0.2, 0.25) is 0 Å². The minimum Gasteiger partial charge on any atom is -0.444 e. The van der Waals surface area contributed by atoms with E-state index in [1.165, 1.54) is 0 Å². The highest BCUT2D eigenvalue weighted by molar-refractivity contribution is 5.86. The molecule has 1 aromatic rings. The fourth-order valence-corrected chi connectivity index (χ4v) is 2.67. The highest BCUT2D eigenvalue weighted by Gasteiger charge is 2.30. The van der Waals surface area contributed by atoms with Crippen LogP contribution >= 0.6 is 0 Å². The molecule has 1 aliphatic rings. The van der Waals surface area contributed by atoms with Crippen molar-refractivity contribution in [1.29, 1.82) is 0 Å². The van der Waals surface area contributed by atoms with E-state index in [-0.39, 0.29) is 0 Å². The SMILES string of the molecule is CC(C)(C)OC(=O)Nc1ccccc1CC1(O)CCCNC1. The van der Waals surface area contributed by atoms with Crippen molar-refractivity contribution in [2.75, 3.05) is 18.4 Å². The Labute approximate surface area is 132 Å². The molecule has 1 unspecified atom stereocenters. The Morgan fingerprint density at radius 1 is 1.41 bits per heavy atom. The van der Waals surface area contributed by atoms with E-state index >= 15 is 0 Å². The second-order valence-electron chi connectivity index (χ2n) is 6.97. The van der Waals surface area contributed by atoms with Crippen molar-refractivity contribution in [2.24, 2.45) is 0 Å². The molecule has 2 rings (SSSR count). The lowest BCUT2D eigenvalue weighted by Gasteiger charge is -2.33. The average Bonchev–Trinajstić information content (AvgIpc) is 2.39. The molecule has 22 heavy (non-hydrogen) atoms. The summed E-state index contributed by atoms with van der Waals surface area (Å²) < 4.78 is 5.29. The van der Waals surface area contributed by atoms with Gasteiger partial charge in [0.05, 0.1) is 5.60 Å². The summed E-state index contributed by atoms with van der Waals surface area (Å²) in [6, 6.07) is 7.53. The lowest BCUT2D eigenvalue weighted by atomic mass is 9.87. The highest BCUT2D eigenvalue weighted by Crippen LogP contribution is 2.26. The molecule has 1 saturated heterocycles. The second-order valence-corrected chi connectivity index (χ2v) is 6.97. The molecular weight excluding hydrogens is 280 g/mol. The van der Waals surface area contributed by atoms with Crippen molar-refractivity contribution in [3.63, 3.8) is 0 Å². The number of aliphatic hydroxyl groups is 1. The number of amides is 1. The normalized spacial score (nSPS) is 22.2. The number of β-amino-alcohol motifs (C(OH)–C–C–N with tert-alkyl or cyclic N) is 1. The van der Waals surface area contributed by atoms with E-state index in [9.17, 15) is 9.90 Å². The summed E-state index contributed by atoms with van der Waals surface area (Å²) in [4.78, 5) is 11.9. The van der Waals surface area contributed by atoms with Crippen LogP contribution in [0.4, 0.5) is 10.5 Å². The highest BCUT2D eigenvalue weighted by atomic mass is 16.6. The number of nitrogens with one attached hydrogen (secondary N) is 2. The molecule has 0 saturated carbocycles. The van der Waals surface area contributed by atoms with Crippen molar-refractivity contribution in [2.45, 2.75) is 51.2 Å². The molecule has 1 aliphatic heterocycles. The zero-order valence-electron chi connectivity index (χ0n) is 13.6. The predicted octanol–water partition coefficient (Wildman–Crippen LogP) is 2.69. The van der Waals surface area contributed by atoms with Gasteiger partial charge in [0.15, 0.2) is 0 Å². The van der Waals surface area contributed by atoms with Crippen LogP contribution < -0.4 is 10.6 Å². The Bertz CT molecular complexity index is 517. The Morgan fingerprint density at radius 3 is 2.77 bits per heavy atom. The minimum atomic E-state index is -0.760. The zero-order chi connectivity index (χ0) is 16.2.